The number of urea groups is 1. The summed E-state index contributed by atoms with van der Waals surface area (Å²) in [7, 11) is 0. The Morgan fingerprint density at radius 2 is 1.70 bits per heavy atom. The molecule has 23 heavy (non-hydrogen) atoms. The fraction of sp³-hybridized carbons (Fsp3) is 0.933. The van der Waals surface area contributed by atoms with Crippen molar-refractivity contribution in [2.45, 2.75) is 58.0 Å². The largest absolute Gasteiger partial charge is 0.408 e. The second kappa shape index (κ2) is 6.47. The van der Waals surface area contributed by atoms with Gasteiger partial charge in [-0.1, -0.05) is 20.8 Å². The quantitative estimate of drug-likeness (QED) is 0.842. The molecule has 2 rings (SSSR count). The number of nitrogens with one attached hydrogen (secondary N) is 1. The van der Waals surface area contributed by atoms with Crippen molar-refractivity contribution in [3.8, 4) is 0 Å². The summed E-state index contributed by atoms with van der Waals surface area (Å²) in [5.41, 5.74) is -0.537. The second-order valence-electron chi connectivity index (χ2n) is 7.40. The lowest BCUT2D eigenvalue weighted by Gasteiger charge is -2.38. The monoisotopic (exact) mass is 338 g/mol. The van der Waals surface area contributed by atoms with E-state index in [0.717, 1.165) is 0 Å². The molecule has 0 bridgehead atoms. The third kappa shape index (κ3) is 4.97. The molecule has 2 amide bonds. The van der Waals surface area contributed by atoms with Gasteiger partial charge in [0.15, 0.2) is 5.79 Å². The van der Waals surface area contributed by atoms with E-state index < -0.39 is 29.5 Å². The van der Waals surface area contributed by atoms with Crippen molar-refractivity contribution < 1.29 is 27.4 Å². The molecule has 134 valence electrons. The standard InChI is InChI=1S/C15H25F3N2O3/c1-13(2,3)10-11(15(16,17)18)19-12(21)20-6-4-14(5-7-20)22-8-9-23-14/h11H,4-10H2,1-3H3,(H,19,21). The van der Waals surface area contributed by atoms with Crippen LogP contribution in [0.25, 0.3) is 0 Å². The van der Waals surface area contributed by atoms with E-state index in [-0.39, 0.29) is 6.42 Å². The third-order valence-electron chi connectivity index (χ3n) is 4.14. The molecule has 1 N–H and O–H groups in total. The van der Waals surface area contributed by atoms with Crippen molar-refractivity contribution in [1.82, 2.24) is 10.2 Å². The van der Waals surface area contributed by atoms with Crippen LogP contribution < -0.4 is 5.32 Å². The number of amides is 2. The number of carbonyl (C=O) groups is 1. The lowest BCUT2D eigenvalue weighted by Crippen LogP contribution is -2.55. The zero-order chi connectivity index (χ0) is 17.3. The highest BCUT2D eigenvalue weighted by Crippen LogP contribution is 2.33. The number of hydrogen-bond donors (Lipinski definition) is 1. The first-order valence-corrected chi connectivity index (χ1v) is 7.91. The Labute approximate surface area is 134 Å². The Hall–Kier alpha value is -1.02. The van der Waals surface area contributed by atoms with Crippen LogP contribution in [0.1, 0.15) is 40.0 Å². The molecule has 2 saturated heterocycles. The molecule has 2 aliphatic rings. The Morgan fingerprint density at radius 1 is 1.17 bits per heavy atom. The molecule has 0 radical (unpaired) electrons. The van der Waals surface area contributed by atoms with Gasteiger partial charge >= 0.3 is 12.2 Å². The minimum Gasteiger partial charge on any atom is -0.347 e. The predicted molar refractivity (Wildman–Crippen MR) is 77.9 cm³/mol. The molecule has 0 aromatic rings. The van der Waals surface area contributed by atoms with E-state index in [0.29, 0.717) is 39.1 Å². The van der Waals surface area contributed by atoms with Gasteiger partial charge in [-0.15, -0.1) is 0 Å². The van der Waals surface area contributed by atoms with Crippen LogP contribution >= 0.6 is 0 Å². The summed E-state index contributed by atoms with van der Waals surface area (Å²) >= 11 is 0. The first kappa shape index (κ1) is 18.3. The van der Waals surface area contributed by atoms with Crippen molar-refractivity contribution in [2.75, 3.05) is 26.3 Å². The van der Waals surface area contributed by atoms with Crippen LogP contribution in [0.2, 0.25) is 0 Å². The minimum atomic E-state index is -4.46. The summed E-state index contributed by atoms with van der Waals surface area (Å²) in [6.07, 6.45) is -3.66. The Kier molecular flexibility index (Phi) is 5.15. The average Bonchev–Trinajstić information content (AvgIpc) is 2.84. The van der Waals surface area contributed by atoms with Crippen LogP contribution in [0.3, 0.4) is 0 Å². The first-order valence-electron chi connectivity index (χ1n) is 7.91. The Balaban J connectivity index is 1.91. The van der Waals surface area contributed by atoms with Crippen LogP contribution in [0, 0.1) is 5.41 Å². The molecule has 2 aliphatic heterocycles. The number of nitrogens with zero attached hydrogens (tertiary/aromatic N) is 1. The molecular weight excluding hydrogens is 313 g/mol. The molecule has 1 spiro atoms. The summed E-state index contributed by atoms with van der Waals surface area (Å²) < 4.78 is 50.5. The van der Waals surface area contributed by atoms with E-state index in [1.807, 2.05) is 0 Å². The van der Waals surface area contributed by atoms with E-state index >= 15 is 0 Å². The Morgan fingerprint density at radius 3 is 2.13 bits per heavy atom. The number of piperidine rings is 1. The summed E-state index contributed by atoms with van der Waals surface area (Å²) in [6.45, 7) is 6.85. The number of carbonyl (C=O) groups excluding carboxylic acids is 1. The van der Waals surface area contributed by atoms with E-state index in [9.17, 15) is 18.0 Å². The molecule has 8 heteroatoms. The fourth-order valence-electron chi connectivity index (χ4n) is 2.94. The average molecular weight is 338 g/mol. The van der Waals surface area contributed by atoms with Crippen molar-refractivity contribution in [1.29, 1.82) is 0 Å². The fourth-order valence-corrected chi connectivity index (χ4v) is 2.94. The van der Waals surface area contributed by atoms with Crippen LogP contribution in [0.4, 0.5) is 18.0 Å². The van der Waals surface area contributed by atoms with E-state index in [1.165, 1.54) is 4.90 Å². The minimum absolute atomic E-state index is 0.160. The first-order chi connectivity index (χ1) is 10.5. The van der Waals surface area contributed by atoms with Crippen LogP contribution in [0.15, 0.2) is 0 Å². The zero-order valence-corrected chi connectivity index (χ0v) is 13.8. The SMILES string of the molecule is CC(C)(C)CC(NC(=O)N1CCC2(CC1)OCCO2)C(F)(F)F. The highest BCUT2D eigenvalue weighted by atomic mass is 19.4. The van der Waals surface area contributed by atoms with Crippen molar-refractivity contribution in [3.05, 3.63) is 0 Å². The predicted octanol–water partition coefficient (Wildman–Crippen LogP) is 2.90. The van der Waals surface area contributed by atoms with Gasteiger partial charge in [-0.25, -0.2) is 4.79 Å². The van der Waals surface area contributed by atoms with Gasteiger partial charge in [-0.2, -0.15) is 13.2 Å². The lowest BCUT2D eigenvalue weighted by molar-refractivity contribution is -0.182. The van der Waals surface area contributed by atoms with Gasteiger partial charge in [0.05, 0.1) is 13.2 Å². The van der Waals surface area contributed by atoms with E-state index in [1.54, 1.807) is 20.8 Å². The van der Waals surface area contributed by atoms with Crippen LogP contribution in [-0.4, -0.2) is 55.2 Å². The van der Waals surface area contributed by atoms with Gasteiger partial charge in [0.25, 0.3) is 0 Å². The van der Waals surface area contributed by atoms with Gasteiger partial charge in [-0.05, 0) is 11.8 Å². The smallest absolute Gasteiger partial charge is 0.347 e. The summed E-state index contributed by atoms with van der Waals surface area (Å²) in [6, 6.07) is -2.52. The summed E-state index contributed by atoms with van der Waals surface area (Å²) in [5.74, 6) is -0.647. The molecule has 0 aromatic carbocycles. The molecule has 1 atom stereocenters. The zero-order valence-electron chi connectivity index (χ0n) is 13.8. The third-order valence-corrected chi connectivity index (χ3v) is 4.14. The molecule has 0 aromatic heterocycles. The number of hydrogen-bond acceptors (Lipinski definition) is 3. The maximum atomic E-state index is 13.1. The van der Waals surface area contributed by atoms with Gasteiger partial charge in [0.2, 0.25) is 0 Å². The topological polar surface area (TPSA) is 50.8 Å². The van der Waals surface area contributed by atoms with Crippen molar-refractivity contribution in [3.63, 3.8) is 0 Å². The number of likely N-dealkylation sites (tertiary alicyclic amines) is 1. The lowest BCUT2D eigenvalue weighted by atomic mass is 9.88. The molecule has 2 fully saturated rings. The van der Waals surface area contributed by atoms with Crippen LogP contribution in [-0.2, 0) is 9.47 Å². The number of alkyl halides is 3. The molecule has 2 heterocycles. The molecule has 0 saturated carbocycles. The molecule has 1 unspecified atom stereocenters. The Bertz CT molecular complexity index is 419. The van der Waals surface area contributed by atoms with Gasteiger partial charge in [0, 0.05) is 25.9 Å². The van der Waals surface area contributed by atoms with Gasteiger partial charge in [-0.3, -0.25) is 0 Å². The summed E-state index contributed by atoms with van der Waals surface area (Å²) in [5, 5.41) is 2.14. The second-order valence-corrected chi connectivity index (χ2v) is 7.40. The van der Waals surface area contributed by atoms with E-state index in [2.05, 4.69) is 5.32 Å². The summed E-state index contributed by atoms with van der Waals surface area (Å²) in [4.78, 5) is 13.6. The number of ether oxygens (including phenoxy) is 2. The highest BCUT2D eigenvalue weighted by Gasteiger charge is 2.45. The van der Waals surface area contributed by atoms with Crippen molar-refractivity contribution >= 4 is 6.03 Å². The molecular formula is C15H25F3N2O3. The normalized spacial score (nSPS) is 23.1. The van der Waals surface area contributed by atoms with Gasteiger partial charge < -0.3 is 19.7 Å². The van der Waals surface area contributed by atoms with Crippen molar-refractivity contribution in [2.24, 2.45) is 5.41 Å². The van der Waals surface area contributed by atoms with E-state index in [4.69, 9.17) is 9.47 Å². The molecule has 0 aliphatic carbocycles. The number of halogens is 3. The number of rotatable bonds is 2. The maximum Gasteiger partial charge on any atom is 0.408 e. The van der Waals surface area contributed by atoms with Crippen LogP contribution in [0.5, 0.6) is 0 Å². The molecule has 5 nitrogen and oxygen atoms in total. The van der Waals surface area contributed by atoms with Gasteiger partial charge in [0.1, 0.15) is 6.04 Å². The maximum absolute atomic E-state index is 13.1. The highest BCUT2D eigenvalue weighted by molar-refractivity contribution is 5.74.